The van der Waals surface area contributed by atoms with Gasteiger partial charge in [-0.25, -0.2) is 0 Å². The Hall–Kier alpha value is -1.22. The standard InChI is InChI=1S/C18H31NO2/c1-6-8-9-14(7-2)12-17(19-3)16-11-10-15(20-4)13-18(16)21-5/h10-11,13-14,17,19H,6-9,12H2,1-5H3. The van der Waals surface area contributed by atoms with Gasteiger partial charge in [-0.15, -0.1) is 0 Å². The molecule has 0 heterocycles. The van der Waals surface area contributed by atoms with Crippen LogP contribution in [0.1, 0.15) is 57.6 Å². The highest BCUT2D eigenvalue weighted by Crippen LogP contribution is 2.34. The molecule has 2 atom stereocenters. The zero-order valence-electron chi connectivity index (χ0n) is 14.2. The minimum atomic E-state index is 0.327. The van der Waals surface area contributed by atoms with Gasteiger partial charge in [0, 0.05) is 17.7 Å². The van der Waals surface area contributed by atoms with E-state index in [0.717, 1.165) is 23.8 Å². The van der Waals surface area contributed by atoms with Crippen LogP contribution >= 0.6 is 0 Å². The summed E-state index contributed by atoms with van der Waals surface area (Å²) in [6.45, 7) is 4.55. The van der Waals surface area contributed by atoms with E-state index in [9.17, 15) is 0 Å². The van der Waals surface area contributed by atoms with Gasteiger partial charge in [-0.3, -0.25) is 0 Å². The summed E-state index contributed by atoms with van der Waals surface area (Å²) >= 11 is 0. The van der Waals surface area contributed by atoms with Gasteiger partial charge in [0.05, 0.1) is 14.2 Å². The Kier molecular flexibility index (Phi) is 8.21. The highest BCUT2D eigenvalue weighted by Gasteiger charge is 2.19. The molecule has 0 saturated carbocycles. The highest BCUT2D eigenvalue weighted by molar-refractivity contribution is 5.42. The van der Waals surface area contributed by atoms with Crippen LogP contribution in [0.15, 0.2) is 18.2 Å². The van der Waals surface area contributed by atoms with E-state index in [1.807, 2.05) is 19.2 Å². The van der Waals surface area contributed by atoms with Gasteiger partial charge in [-0.2, -0.15) is 0 Å². The molecule has 120 valence electrons. The molecule has 1 aromatic rings. The van der Waals surface area contributed by atoms with Crippen LogP contribution in [0.4, 0.5) is 0 Å². The minimum absolute atomic E-state index is 0.327. The third-order valence-corrected chi connectivity index (χ3v) is 4.28. The maximum Gasteiger partial charge on any atom is 0.127 e. The first-order valence-electron chi connectivity index (χ1n) is 8.09. The van der Waals surface area contributed by atoms with Crippen molar-refractivity contribution in [3.8, 4) is 11.5 Å². The van der Waals surface area contributed by atoms with Crippen molar-refractivity contribution in [1.29, 1.82) is 0 Å². The van der Waals surface area contributed by atoms with Crippen LogP contribution in [0.2, 0.25) is 0 Å². The largest absolute Gasteiger partial charge is 0.497 e. The Morgan fingerprint density at radius 2 is 1.90 bits per heavy atom. The van der Waals surface area contributed by atoms with Crippen molar-refractivity contribution in [3.05, 3.63) is 23.8 Å². The van der Waals surface area contributed by atoms with E-state index in [1.165, 1.54) is 31.2 Å². The van der Waals surface area contributed by atoms with Crippen molar-refractivity contribution in [1.82, 2.24) is 5.32 Å². The van der Waals surface area contributed by atoms with Gasteiger partial charge < -0.3 is 14.8 Å². The maximum atomic E-state index is 5.55. The van der Waals surface area contributed by atoms with Crippen LogP contribution in [-0.4, -0.2) is 21.3 Å². The first-order valence-corrected chi connectivity index (χ1v) is 8.09. The van der Waals surface area contributed by atoms with Crippen molar-refractivity contribution >= 4 is 0 Å². The van der Waals surface area contributed by atoms with E-state index in [1.54, 1.807) is 14.2 Å². The predicted molar refractivity (Wildman–Crippen MR) is 89.3 cm³/mol. The topological polar surface area (TPSA) is 30.5 Å². The summed E-state index contributed by atoms with van der Waals surface area (Å²) < 4.78 is 10.8. The Morgan fingerprint density at radius 1 is 1.14 bits per heavy atom. The van der Waals surface area contributed by atoms with Crippen molar-refractivity contribution in [2.24, 2.45) is 5.92 Å². The third-order valence-electron chi connectivity index (χ3n) is 4.28. The van der Waals surface area contributed by atoms with Crippen LogP contribution in [0, 0.1) is 5.92 Å². The zero-order chi connectivity index (χ0) is 15.7. The molecule has 3 nitrogen and oxygen atoms in total. The minimum Gasteiger partial charge on any atom is -0.497 e. The Morgan fingerprint density at radius 3 is 2.43 bits per heavy atom. The zero-order valence-corrected chi connectivity index (χ0v) is 14.2. The van der Waals surface area contributed by atoms with E-state index in [2.05, 4.69) is 25.2 Å². The monoisotopic (exact) mass is 293 g/mol. The van der Waals surface area contributed by atoms with Crippen molar-refractivity contribution in [3.63, 3.8) is 0 Å². The Bertz CT molecular complexity index is 406. The number of unbranched alkanes of at least 4 members (excludes halogenated alkanes) is 1. The highest BCUT2D eigenvalue weighted by atomic mass is 16.5. The van der Waals surface area contributed by atoms with Gasteiger partial charge in [0.1, 0.15) is 11.5 Å². The van der Waals surface area contributed by atoms with E-state index < -0.39 is 0 Å². The molecule has 0 radical (unpaired) electrons. The summed E-state index contributed by atoms with van der Waals surface area (Å²) in [5.74, 6) is 2.50. The van der Waals surface area contributed by atoms with Crippen LogP contribution in [0.5, 0.6) is 11.5 Å². The lowest BCUT2D eigenvalue weighted by molar-refractivity contribution is 0.348. The second-order valence-corrected chi connectivity index (χ2v) is 5.60. The number of ether oxygens (including phenoxy) is 2. The number of methoxy groups -OCH3 is 2. The van der Waals surface area contributed by atoms with E-state index >= 15 is 0 Å². The average Bonchev–Trinajstić information content (AvgIpc) is 2.54. The molecule has 1 rings (SSSR count). The molecule has 21 heavy (non-hydrogen) atoms. The third kappa shape index (κ3) is 5.24. The molecular formula is C18H31NO2. The maximum absolute atomic E-state index is 5.55. The Balaban J connectivity index is 2.87. The molecule has 1 N–H and O–H groups in total. The first kappa shape index (κ1) is 17.8. The van der Waals surface area contributed by atoms with Gasteiger partial charge in [-0.05, 0) is 25.5 Å². The number of benzene rings is 1. The van der Waals surface area contributed by atoms with Gasteiger partial charge in [-0.1, -0.05) is 45.6 Å². The van der Waals surface area contributed by atoms with Gasteiger partial charge in [0.15, 0.2) is 0 Å². The molecule has 0 aliphatic heterocycles. The fourth-order valence-electron chi connectivity index (χ4n) is 2.82. The van der Waals surface area contributed by atoms with Crippen molar-refractivity contribution < 1.29 is 9.47 Å². The molecule has 0 spiro atoms. The van der Waals surface area contributed by atoms with E-state index in [-0.39, 0.29) is 0 Å². The van der Waals surface area contributed by atoms with Crippen molar-refractivity contribution in [2.45, 2.75) is 52.0 Å². The fraction of sp³-hybridized carbons (Fsp3) is 0.667. The molecule has 3 heteroatoms. The lowest BCUT2D eigenvalue weighted by atomic mass is 9.89. The number of hydrogen-bond acceptors (Lipinski definition) is 3. The summed E-state index contributed by atoms with van der Waals surface area (Å²) in [5, 5.41) is 3.45. The molecule has 0 aromatic heterocycles. The molecule has 0 aliphatic rings. The van der Waals surface area contributed by atoms with Crippen LogP contribution in [0.3, 0.4) is 0 Å². The number of nitrogens with one attached hydrogen (secondary N) is 1. The van der Waals surface area contributed by atoms with E-state index in [4.69, 9.17) is 9.47 Å². The second kappa shape index (κ2) is 9.67. The molecule has 2 unspecified atom stereocenters. The van der Waals surface area contributed by atoms with Gasteiger partial charge in [0.25, 0.3) is 0 Å². The normalized spacial score (nSPS) is 13.8. The molecule has 1 aromatic carbocycles. The molecule has 0 aliphatic carbocycles. The summed E-state index contributed by atoms with van der Waals surface area (Å²) in [6, 6.07) is 6.42. The number of hydrogen-bond donors (Lipinski definition) is 1. The second-order valence-electron chi connectivity index (χ2n) is 5.60. The lowest BCUT2D eigenvalue weighted by Gasteiger charge is -2.24. The molecule has 0 fully saturated rings. The van der Waals surface area contributed by atoms with Crippen LogP contribution in [-0.2, 0) is 0 Å². The summed E-state index contributed by atoms with van der Waals surface area (Å²) in [5.41, 5.74) is 1.22. The number of rotatable bonds is 10. The SMILES string of the molecule is CCCCC(CC)CC(NC)c1ccc(OC)cc1OC. The van der Waals surface area contributed by atoms with Crippen LogP contribution in [0.25, 0.3) is 0 Å². The molecular weight excluding hydrogens is 262 g/mol. The quantitative estimate of drug-likeness (QED) is 0.685. The molecule has 0 bridgehead atoms. The Labute approximate surface area is 130 Å². The first-order chi connectivity index (χ1) is 10.2. The van der Waals surface area contributed by atoms with Crippen LogP contribution < -0.4 is 14.8 Å². The fourth-order valence-corrected chi connectivity index (χ4v) is 2.82. The summed E-state index contributed by atoms with van der Waals surface area (Å²) in [7, 11) is 5.43. The summed E-state index contributed by atoms with van der Waals surface area (Å²) in [4.78, 5) is 0. The average molecular weight is 293 g/mol. The smallest absolute Gasteiger partial charge is 0.127 e. The predicted octanol–water partition coefficient (Wildman–Crippen LogP) is 4.57. The van der Waals surface area contributed by atoms with Crippen molar-refractivity contribution in [2.75, 3.05) is 21.3 Å². The molecule has 0 saturated heterocycles. The molecule has 0 amide bonds. The van der Waals surface area contributed by atoms with E-state index in [0.29, 0.717) is 6.04 Å². The summed E-state index contributed by atoms with van der Waals surface area (Å²) in [6.07, 6.45) is 6.28. The van der Waals surface area contributed by atoms with Gasteiger partial charge >= 0.3 is 0 Å². The lowest BCUT2D eigenvalue weighted by Crippen LogP contribution is -2.20. The van der Waals surface area contributed by atoms with Gasteiger partial charge in [0.2, 0.25) is 0 Å².